The molecule has 0 N–H and O–H groups in total. The van der Waals surface area contributed by atoms with Crippen molar-refractivity contribution in [2.45, 2.75) is 20.0 Å². The first-order valence-electron chi connectivity index (χ1n) is 9.25. The van der Waals surface area contributed by atoms with E-state index < -0.39 is 0 Å². The Morgan fingerprint density at radius 3 is 2.81 bits per heavy atom. The number of hydrogen-bond donors (Lipinski definition) is 0. The topological polar surface area (TPSA) is 34.6 Å². The molecule has 0 bridgehead atoms. The van der Waals surface area contributed by atoms with Crippen LogP contribution in [0.5, 0.6) is 11.5 Å². The van der Waals surface area contributed by atoms with Gasteiger partial charge >= 0.3 is 0 Å². The molecule has 1 aromatic heterocycles. The van der Waals surface area contributed by atoms with Gasteiger partial charge in [0.25, 0.3) is 0 Å². The lowest BCUT2D eigenvalue weighted by molar-refractivity contribution is 0.216. The van der Waals surface area contributed by atoms with Gasteiger partial charge in [-0.15, -0.1) is 0 Å². The maximum Gasteiger partial charge on any atom is 0.165 e. The molecule has 1 aliphatic heterocycles. The van der Waals surface area contributed by atoms with E-state index in [0.717, 1.165) is 42.3 Å². The van der Waals surface area contributed by atoms with Crippen LogP contribution in [0.15, 0.2) is 60.9 Å². The van der Waals surface area contributed by atoms with E-state index in [1.54, 1.807) is 7.11 Å². The first-order valence-corrected chi connectivity index (χ1v) is 9.25. The Hall–Kier alpha value is -2.85. The Kier molecular flexibility index (Phi) is 5.07. The fourth-order valence-electron chi connectivity index (χ4n) is 3.63. The number of ether oxygens (including phenoxy) is 2. The lowest BCUT2D eigenvalue weighted by Gasteiger charge is -2.20. The van der Waals surface area contributed by atoms with Crippen molar-refractivity contribution in [3.63, 3.8) is 0 Å². The number of fused-ring (bicyclic) bond motifs is 1. The van der Waals surface area contributed by atoms with Crippen LogP contribution in [0.1, 0.15) is 16.7 Å². The van der Waals surface area contributed by atoms with Crippen molar-refractivity contribution in [1.29, 1.82) is 0 Å². The van der Waals surface area contributed by atoms with Gasteiger partial charge < -0.3 is 9.47 Å². The Bertz CT molecular complexity index is 925. The van der Waals surface area contributed by atoms with E-state index in [4.69, 9.17) is 9.47 Å². The first kappa shape index (κ1) is 17.6. The number of pyridine rings is 1. The van der Waals surface area contributed by atoms with Crippen LogP contribution in [0.25, 0.3) is 11.1 Å². The summed E-state index contributed by atoms with van der Waals surface area (Å²) in [6.45, 7) is 5.33. The van der Waals surface area contributed by atoms with Gasteiger partial charge in [-0.2, -0.15) is 0 Å². The maximum absolute atomic E-state index is 6.08. The van der Waals surface area contributed by atoms with Gasteiger partial charge in [0.2, 0.25) is 0 Å². The summed E-state index contributed by atoms with van der Waals surface area (Å²) < 4.78 is 11.7. The van der Waals surface area contributed by atoms with Crippen molar-refractivity contribution in [1.82, 2.24) is 9.88 Å². The Morgan fingerprint density at radius 1 is 1.15 bits per heavy atom. The zero-order valence-corrected chi connectivity index (χ0v) is 15.8. The molecule has 4 heteroatoms. The van der Waals surface area contributed by atoms with E-state index in [1.165, 1.54) is 16.7 Å². The van der Waals surface area contributed by atoms with Crippen LogP contribution in [-0.4, -0.2) is 30.1 Å². The molecule has 1 aliphatic rings. The highest BCUT2D eigenvalue weighted by molar-refractivity contribution is 5.71. The Labute approximate surface area is 160 Å². The Morgan fingerprint density at radius 2 is 2.04 bits per heavy atom. The van der Waals surface area contributed by atoms with Crippen molar-refractivity contribution in [3.05, 3.63) is 77.6 Å². The third-order valence-corrected chi connectivity index (χ3v) is 4.98. The summed E-state index contributed by atoms with van der Waals surface area (Å²) in [5, 5.41) is 0. The summed E-state index contributed by atoms with van der Waals surface area (Å²) in [6.07, 6.45) is 3.74. The molecular weight excluding hydrogens is 336 g/mol. The zero-order chi connectivity index (χ0) is 18.6. The minimum atomic E-state index is 0.646. The second kappa shape index (κ2) is 7.80. The minimum absolute atomic E-state index is 0.646. The van der Waals surface area contributed by atoms with Crippen LogP contribution in [-0.2, 0) is 13.1 Å². The highest BCUT2D eigenvalue weighted by Gasteiger charge is 2.21. The van der Waals surface area contributed by atoms with Crippen molar-refractivity contribution in [2.75, 3.05) is 20.3 Å². The van der Waals surface area contributed by atoms with Gasteiger partial charge in [0.1, 0.15) is 6.61 Å². The van der Waals surface area contributed by atoms with Gasteiger partial charge in [0, 0.05) is 37.6 Å². The molecule has 4 rings (SSSR count). The van der Waals surface area contributed by atoms with Crippen molar-refractivity contribution in [3.8, 4) is 22.6 Å². The number of hydrogen-bond acceptors (Lipinski definition) is 4. The van der Waals surface area contributed by atoms with Crippen LogP contribution in [0.2, 0.25) is 0 Å². The third kappa shape index (κ3) is 3.81. The fourth-order valence-corrected chi connectivity index (χ4v) is 3.63. The van der Waals surface area contributed by atoms with Crippen LogP contribution in [0.3, 0.4) is 0 Å². The monoisotopic (exact) mass is 360 g/mol. The molecule has 0 atom stereocenters. The normalized spacial score (nSPS) is 14.1. The second-order valence-corrected chi connectivity index (χ2v) is 6.90. The molecule has 0 fully saturated rings. The van der Waals surface area contributed by atoms with E-state index >= 15 is 0 Å². The van der Waals surface area contributed by atoms with Crippen LogP contribution in [0, 0.1) is 6.92 Å². The largest absolute Gasteiger partial charge is 0.493 e. The predicted molar refractivity (Wildman–Crippen MR) is 107 cm³/mol. The quantitative estimate of drug-likeness (QED) is 0.688. The average molecular weight is 360 g/mol. The number of aromatic nitrogens is 1. The number of nitrogens with zero attached hydrogens (tertiary/aromatic N) is 2. The summed E-state index contributed by atoms with van der Waals surface area (Å²) in [4.78, 5) is 6.62. The van der Waals surface area contributed by atoms with Gasteiger partial charge in [0.15, 0.2) is 11.5 Å². The van der Waals surface area contributed by atoms with E-state index in [-0.39, 0.29) is 0 Å². The zero-order valence-electron chi connectivity index (χ0n) is 15.8. The predicted octanol–water partition coefficient (Wildman–Crippen LogP) is 4.46. The number of methoxy groups -OCH3 is 1. The SMILES string of the molecule is COc1cc(-c2ccccc2C)cc2c1OCCN(Cc1cccnc1)C2. The third-order valence-electron chi connectivity index (χ3n) is 4.98. The lowest BCUT2D eigenvalue weighted by atomic mass is 9.97. The molecule has 4 nitrogen and oxygen atoms in total. The molecule has 2 heterocycles. The molecule has 0 amide bonds. The van der Waals surface area contributed by atoms with E-state index in [1.807, 2.05) is 18.5 Å². The molecule has 3 aromatic rings. The molecule has 0 saturated heterocycles. The average Bonchev–Trinajstić information content (AvgIpc) is 2.90. The molecule has 0 aliphatic carbocycles. The number of aryl methyl sites for hydroxylation is 1. The maximum atomic E-state index is 6.08. The molecule has 2 aromatic carbocycles. The van der Waals surface area contributed by atoms with Gasteiger partial charge in [-0.1, -0.05) is 30.3 Å². The standard InChI is InChI=1S/C23H24N2O2/c1-17-6-3-4-8-21(17)19-12-20-16-25(15-18-7-5-9-24-14-18)10-11-27-23(20)22(13-19)26-2/h3-9,12-14H,10-11,15-16H2,1-2H3. The lowest BCUT2D eigenvalue weighted by Crippen LogP contribution is -2.25. The first-order chi connectivity index (χ1) is 13.2. The van der Waals surface area contributed by atoms with Crippen molar-refractivity contribution < 1.29 is 9.47 Å². The summed E-state index contributed by atoms with van der Waals surface area (Å²) in [6, 6.07) is 16.9. The van der Waals surface area contributed by atoms with Crippen LogP contribution < -0.4 is 9.47 Å². The van der Waals surface area contributed by atoms with Crippen LogP contribution >= 0.6 is 0 Å². The highest BCUT2D eigenvalue weighted by atomic mass is 16.5. The smallest absolute Gasteiger partial charge is 0.165 e. The van der Waals surface area contributed by atoms with E-state index in [2.05, 4.69) is 59.3 Å². The summed E-state index contributed by atoms with van der Waals surface area (Å²) >= 11 is 0. The molecule has 0 radical (unpaired) electrons. The molecular formula is C23H24N2O2. The molecule has 27 heavy (non-hydrogen) atoms. The van der Waals surface area contributed by atoms with Gasteiger partial charge in [-0.3, -0.25) is 9.88 Å². The molecule has 0 unspecified atom stereocenters. The molecule has 138 valence electrons. The number of benzene rings is 2. The van der Waals surface area contributed by atoms with Crippen molar-refractivity contribution >= 4 is 0 Å². The summed E-state index contributed by atoms with van der Waals surface area (Å²) in [7, 11) is 1.71. The van der Waals surface area contributed by atoms with E-state index in [0.29, 0.717) is 6.61 Å². The van der Waals surface area contributed by atoms with Crippen molar-refractivity contribution in [2.24, 2.45) is 0 Å². The number of rotatable bonds is 4. The second-order valence-electron chi connectivity index (χ2n) is 6.90. The van der Waals surface area contributed by atoms with E-state index in [9.17, 15) is 0 Å². The summed E-state index contributed by atoms with van der Waals surface area (Å²) in [5.74, 6) is 1.66. The Balaban J connectivity index is 1.70. The van der Waals surface area contributed by atoms with Gasteiger partial charge in [0.05, 0.1) is 7.11 Å². The summed E-state index contributed by atoms with van der Waals surface area (Å²) in [5.41, 5.74) is 6.01. The molecule has 0 saturated carbocycles. The van der Waals surface area contributed by atoms with Gasteiger partial charge in [-0.05, 0) is 47.4 Å². The fraction of sp³-hybridized carbons (Fsp3) is 0.261. The minimum Gasteiger partial charge on any atom is -0.493 e. The highest BCUT2D eigenvalue weighted by Crippen LogP contribution is 2.39. The molecule has 0 spiro atoms. The van der Waals surface area contributed by atoms with Gasteiger partial charge in [-0.25, -0.2) is 0 Å². The van der Waals surface area contributed by atoms with Crippen LogP contribution in [0.4, 0.5) is 0 Å².